The Bertz CT molecular complexity index is 359. The summed E-state index contributed by atoms with van der Waals surface area (Å²) >= 11 is 0. The van der Waals surface area contributed by atoms with Crippen molar-refractivity contribution in [3.63, 3.8) is 0 Å². The maximum absolute atomic E-state index is 11.9. The summed E-state index contributed by atoms with van der Waals surface area (Å²) in [4.78, 5) is 25.5. The second kappa shape index (κ2) is 6.43. The predicted octanol–water partition coefficient (Wildman–Crippen LogP) is 1.02. The number of carboxylic acids is 1. The number of urea groups is 1. The fourth-order valence-corrected chi connectivity index (χ4v) is 3.16. The lowest BCUT2D eigenvalue weighted by molar-refractivity contribution is -0.148. The van der Waals surface area contributed by atoms with E-state index < -0.39 is 11.4 Å². The molecule has 0 aromatic carbocycles. The van der Waals surface area contributed by atoms with Gasteiger partial charge in [0.2, 0.25) is 0 Å². The number of nitrogens with one attached hydrogen (secondary N) is 2. The molecular weight excluding hydrogens is 258 g/mol. The lowest BCUT2D eigenvalue weighted by Gasteiger charge is -2.30. The minimum atomic E-state index is -0.783. The Balaban J connectivity index is 1.75. The van der Waals surface area contributed by atoms with Crippen LogP contribution in [0.15, 0.2) is 0 Å². The first kappa shape index (κ1) is 15.1. The highest BCUT2D eigenvalue weighted by atomic mass is 16.4. The number of carbonyl (C=O) groups is 2. The second-order valence-corrected chi connectivity index (χ2v) is 6.20. The molecule has 0 spiro atoms. The van der Waals surface area contributed by atoms with Crippen LogP contribution in [0.1, 0.15) is 38.5 Å². The van der Waals surface area contributed by atoms with Gasteiger partial charge in [0.15, 0.2) is 0 Å². The van der Waals surface area contributed by atoms with E-state index in [1.54, 1.807) is 0 Å². The zero-order valence-corrected chi connectivity index (χ0v) is 12.2. The number of likely N-dealkylation sites (tertiary alicyclic amines) is 1. The molecule has 3 N–H and O–H groups in total. The van der Waals surface area contributed by atoms with E-state index in [0.29, 0.717) is 12.8 Å². The van der Waals surface area contributed by atoms with Gasteiger partial charge >= 0.3 is 12.0 Å². The average Bonchev–Trinajstić information content (AvgIpc) is 2.89. The lowest BCUT2D eigenvalue weighted by atomic mass is 9.86. The van der Waals surface area contributed by atoms with Gasteiger partial charge in [-0.1, -0.05) is 12.8 Å². The smallest absolute Gasteiger partial charge is 0.315 e. The van der Waals surface area contributed by atoms with Gasteiger partial charge in [0.1, 0.15) is 0 Å². The monoisotopic (exact) mass is 283 g/mol. The Morgan fingerprint density at radius 1 is 1.25 bits per heavy atom. The standard InChI is InChI=1S/C14H25N3O3/c1-17-8-4-11(5-9-17)16-13(20)15-10-14(12(18)19)6-2-3-7-14/h11H,2-10H2,1H3,(H,18,19)(H2,15,16,20). The highest BCUT2D eigenvalue weighted by Gasteiger charge is 2.41. The van der Waals surface area contributed by atoms with Gasteiger partial charge in [0.25, 0.3) is 0 Å². The first-order chi connectivity index (χ1) is 9.52. The molecule has 0 radical (unpaired) electrons. The zero-order chi connectivity index (χ0) is 14.6. The molecule has 1 saturated heterocycles. The fourth-order valence-electron chi connectivity index (χ4n) is 3.16. The second-order valence-electron chi connectivity index (χ2n) is 6.20. The maximum Gasteiger partial charge on any atom is 0.315 e. The van der Waals surface area contributed by atoms with Gasteiger partial charge in [0.05, 0.1) is 5.41 Å². The molecule has 2 amide bonds. The van der Waals surface area contributed by atoms with Gasteiger partial charge in [0, 0.05) is 12.6 Å². The Morgan fingerprint density at radius 2 is 1.85 bits per heavy atom. The van der Waals surface area contributed by atoms with E-state index in [0.717, 1.165) is 38.8 Å². The SMILES string of the molecule is CN1CCC(NC(=O)NCC2(C(=O)O)CCCC2)CC1. The number of rotatable bonds is 4. The van der Waals surface area contributed by atoms with E-state index in [9.17, 15) is 14.7 Å². The Kier molecular flexibility index (Phi) is 4.86. The third kappa shape index (κ3) is 3.62. The molecule has 20 heavy (non-hydrogen) atoms. The number of amides is 2. The van der Waals surface area contributed by atoms with Crippen molar-refractivity contribution in [3.05, 3.63) is 0 Å². The molecule has 114 valence electrons. The Labute approximate surface area is 119 Å². The zero-order valence-electron chi connectivity index (χ0n) is 12.2. The summed E-state index contributed by atoms with van der Waals surface area (Å²) < 4.78 is 0. The van der Waals surface area contributed by atoms with Gasteiger partial charge in [-0.15, -0.1) is 0 Å². The summed E-state index contributed by atoms with van der Waals surface area (Å²) in [5.41, 5.74) is -0.746. The molecule has 0 bridgehead atoms. The molecular formula is C14H25N3O3. The van der Waals surface area contributed by atoms with Crippen molar-refractivity contribution in [1.82, 2.24) is 15.5 Å². The van der Waals surface area contributed by atoms with Crippen LogP contribution >= 0.6 is 0 Å². The molecule has 6 heteroatoms. The van der Waals surface area contributed by atoms with Crippen molar-refractivity contribution in [2.24, 2.45) is 5.41 Å². The van der Waals surface area contributed by atoms with Gasteiger partial charge in [-0.05, 0) is 45.8 Å². The van der Waals surface area contributed by atoms with Crippen LogP contribution in [0.5, 0.6) is 0 Å². The maximum atomic E-state index is 11.9. The number of hydrogen-bond acceptors (Lipinski definition) is 3. The number of hydrogen-bond donors (Lipinski definition) is 3. The summed E-state index contributed by atoms with van der Waals surface area (Å²) in [6.45, 7) is 2.22. The van der Waals surface area contributed by atoms with E-state index in [1.165, 1.54) is 0 Å². The van der Waals surface area contributed by atoms with Crippen molar-refractivity contribution in [2.45, 2.75) is 44.6 Å². The van der Waals surface area contributed by atoms with Crippen LogP contribution in [0.25, 0.3) is 0 Å². The molecule has 2 fully saturated rings. The summed E-state index contributed by atoms with van der Waals surface area (Å²) in [6, 6.07) is -0.0253. The van der Waals surface area contributed by atoms with Crippen LogP contribution in [0, 0.1) is 5.41 Å². The van der Waals surface area contributed by atoms with Crippen molar-refractivity contribution < 1.29 is 14.7 Å². The van der Waals surface area contributed by atoms with E-state index in [4.69, 9.17) is 0 Å². The van der Waals surface area contributed by atoms with Crippen molar-refractivity contribution >= 4 is 12.0 Å². The molecule has 1 aliphatic heterocycles. The summed E-state index contributed by atoms with van der Waals surface area (Å²) in [5.74, 6) is -0.783. The molecule has 1 heterocycles. The van der Waals surface area contributed by atoms with Crippen LogP contribution in [-0.2, 0) is 4.79 Å². The number of carbonyl (C=O) groups excluding carboxylic acids is 1. The van der Waals surface area contributed by atoms with Crippen molar-refractivity contribution in [1.29, 1.82) is 0 Å². The van der Waals surface area contributed by atoms with E-state index >= 15 is 0 Å². The lowest BCUT2D eigenvalue weighted by Crippen LogP contribution is -2.50. The van der Waals surface area contributed by atoms with Crippen LogP contribution < -0.4 is 10.6 Å². The van der Waals surface area contributed by atoms with E-state index in [2.05, 4.69) is 22.6 Å². The van der Waals surface area contributed by atoms with Crippen molar-refractivity contribution in [3.8, 4) is 0 Å². The molecule has 0 aromatic heterocycles. The molecule has 0 atom stereocenters. The quantitative estimate of drug-likeness (QED) is 0.719. The summed E-state index contributed by atoms with van der Waals surface area (Å²) in [7, 11) is 2.08. The topological polar surface area (TPSA) is 81.7 Å². The van der Waals surface area contributed by atoms with E-state index in [-0.39, 0.29) is 18.6 Å². The molecule has 1 aliphatic carbocycles. The van der Waals surface area contributed by atoms with Gasteiger partial charge in [-0.25, -0.2) is 4.79 Å². The molecule has 2 aliphatic rings. The van der Waals surface area contributed by atoms with Gasteiger partial charge in [-0.3, -0.25) is 4.79 Å². The van der Waals surface area contributed by atoms with Crippen LogP contribution in [0.3, 0.4) is 0 Å². The average molecular weight is 283 g/mol. The molecule has 6 nitrogen and oxygen atoms in total. The molecule has 0 unspecified atom stereocenters. The van der Waals surface area contributed by atoms with Gasteiger partial charge in [-0.2, -0.15) is 0 Å². The van der Waals surface area contributed by atoms with Crippen molar-refractivity contribution in [2.75, 3.05) is 26.7 Å². The predicted molar refractivity (Wildman–Crippen MR) is 75.6 cm³/mol. The third-order valence-corrected chi connectivity index (χ3v) is 4.66. The fraction of sp³-hybridized carbons (Fsp3) is 0.857. The molecule has 2 rings (SSSR count). The largest absolute Gasteiger partial charge is 0.481 e. The van der Waals surface area contributed by atoms with Crippen LogP contribution in [0.2, 0.25) is 0 Å². The highest BCUT2D eigenvalue weighted by molar-refractivity contribution is 5.78. The number of carboxylic acid groups (broad SMARTS) is 1. The normalized spacial score (nSPS) is 23.4. The van der Waals surface area contributed by atoms with Crippen LogP contribution in [0.4, 0.5) is 4.79 Å². The first-order valence-electron chi connectivity index (χ1n) is 7.48. The summed E-state index contributed by atoms with van der Waals surface area (Å²) in [5, 5.41) is 15.1. The Morgan fingerprint density at radius 3 is 2.40 bits per heavy atom. The van der Waals surface area contributed by atoms with E-state index in [1.807, 2.05) is 0 Å². The summed E-state index contributed by atoms with van der Waals surface area (Å²) in [6.07, 6.45) is 5.10. The van der Waals surface area contributed by atoms with Gasteiger partial charge < -0.3 is 20.6 Å². The third-order valence-electron chi connectivity index (χ3n) is 4.66. The minimum absolute atomic E-state index is 0.204. The number of aliphatic carboxylic acids is 1. The van der Waals surface area contributed by atoms with Crippen LogP contribution in [-0.4, -0.2) is 54.7 Å². The number of nitrogens with zero attached hydrogens (tertiary/aromatic N) is 1. The molecule has 0 aromatic rings. The Hall–Kier alpha value is -1.30. The minimum Gasteiger partial charge on any atom is -0.481 e. The number of piperidine rings is 1. The first-order valence-corrected chi connectivity index (χ1v) is 7.48. The molecule has 1 saturated carbocycles. The highest BCUT2D eigenvalue weighted by Crippen LogP contribution is 2.37.